The number of carbonyl (C=O) groups excluding carboxylic acids is 1. The van der Waals surface area contributed by atoms with Gasteiger partial charge in [0.2, 0.25) is 11.9 Å². The zero-order valence-corrected chi connectivity index (χ0v) is 12.9. The molecule has 1 aromatic heterocycles. The van der Waals surface area contributed by atoms with Gasteiger partial charge in [0.1, 0.15) is 5.82 Å². The second-order valence-corrected chi connectivity index (χ2v) is 5.45. The Kier molecular flexibility index (Phi) is 5.78. The Balaban J connectivity index is 1.74. The number of hydrogen-bond acceptors (Lipinski definition) is 5. The van der Waals surface area contributed by atoms with Crippen molar-refractivity contribution in [3.63, 3.8) is 0 Å². The quantitative estimate of drug-likeness (QED) is 0.669. The molecule has 1 aliphatic carbocycles. The minimum absolute atomic E-state index is 0.196. The zero-order chi connectivity index (χ0) is 15.1. The van der Waals surface area contributed by atoms with Crippen LogP contribution in [0, 0.1) is 12.8 Å². The van der Waals surface area contributed by atoms with E-state index < -0.39 is 0 Å². The van der Waals surface area contributed by atoms with Crippen LogP contribution < -0.4 is 16.0 Å². The number of hydrogen-bond donors (Lipinski definition) is 3. The van der Waals surface area contributed by atoms with E-state index in [0.717, 1.165) is 30.9 Å². The fraction of sp³-hybridized carbons (Fsp3) is 0.667. The molecule has 6 nitrogen and oxygen atoms in total. The van der Waals surface area contributed by atoms with Crippen molar-refractivity contribution < 1.29 is 4.79 Å². The molecule has 6 heteroatoms. The first kappa shape index (κ1) is 15.5. The molecule has 1 fully saturated rings. The van der Waals surface area contributed by atoms with Crippen LogP contribution in [0.1, 0.15) is 38.3 Å². The van der Waals surface area contributed by atoms with Crippen molar-refractivity contribution in [2.75, 3.05) is 30.3 Å². The Hall–Kier alpha value is -1.85. The molecule has 116 valence electrons. The van der Waals surface area contributed by atoms with E-state index >= 15 is 0 Å². The van der Waals surface area contributed by atoms with Crippen molar-refractivity contribution in [1.29, 1.82) is 0 Å². The van der Waals surface area contributed by atoms with Crippen molar-refractivity contribution >= 4 is 17.7 Å². The number of amides is 1. The van der Waals surface area contributed by atoms with Gasteiger partial charge in [0.25, 0.3) is 0 Å². The van der Waals surface area contributed by atoms with Gasteiger partial charge in [-0.3, -0.25) is 4.79 Å². The smallest absolute Gasteiger partial charge is 0.224 e. The fourth-order valence-electron chi connectivity index (χ4n) is 2.60. The number of rotatable bonds is 7. The predicted molar refractivity (Wildman–Crippen MR) is 84.4 cm³/mol. The summed E-state index contributed by atoms with van der Waals surface area (Å²) in [5.41, 5.74) is 0.915. The van der Waals surface area contributed by atoms with E-state index in [9.17, 15) is 4.79 Å². The molecular weight excluding hydrogens is 266 g/mol. The lowest BCUT2D eigenvalue weighted by atomic mass is 10.1. The van der Waals surface area contributed by atoms with Crippen molar-refractivity contribution in [2.24, 2.45) is 5.92 Å². The second-order valence-electron chi connectivity index (χ2n) is 5.45. The number of nitrogens with one attached hydrogen (secondary N) is 3. The summed E-state index contributed by atoms with van der Waals surface area (Å²) in [5, 5.41) is 9.32. The van der Waals surface area contributed by atoms with Crippen LogP contribution in [-0.2, 0) is 4.79 Å². The maximum atomic E-state index is 11.9. The van der Waals surface area contributed by atoms with E-state index in [2.05, 4.69) is 25.9 Å². The standard InChI is InChI=1S/C15H25N5O/c1-3-16-15-19-11(2)10-13(20-15)17-8-9-18-14(21)12-6-4-5-7-12/h10,12H,3-9H2,1-2H3,(H,18,21)(H2,16,17,19,20). The third-order valence-electron chi connectivity index (χ3n) is 3.65. The molecule has 0 unspecified atom stereocenters. The van der Waals surface area contributed by atoms with Crippen molar-refractivity contribution in [3.8, 4) is 0 Å². The summed E-state index contributed by atoms with van der Waals surface area (Å²) in [7, 11) is 0. The van der Waals surface area contributed by atoms with Crippen molar-refractivity contribution in [2.45, 2.75) is 39.5 Å². The minimum Gasteiger partial charge on any atom is -0.368 e. The maximum absolute atomic E-state index is 11.9. The minimum atomic E-state index is 0.196. The third-order valence-corrected chi connectivity index (χ3v) is 3.65. The monoisotopic (exact) mass is 291 g/mol. The highest BCUT2D eigenvalue weighted by Crippen LogP contribution is 2.24. The van der Waals surface area contributed by atoms with Gasteiger partial charge < -0.3 is 16.0 Å². The van der Waals surface area contributed by atoms with E-state index in [-0.39, 0.29) is 11.8 Å². The SMILES string of the molecule is CCNc1nc(C)cc(NCCNC(=O)C2CCCC2)n1. The van der Waals surface area contributed by atoms with Crippen LogP contribution in [0.4, 0.5) is 11.8 Å². The number of carbonyl (C=O) groups is 1. The molecule has 1 amide bonds. The van der Waals surface area contributed by atoms with E-state index in [1.54, 1.807) is 0 Å². The van der Waals surface area contributed by atoms with Gasteiger partial charge in [-0.15, -0.1) is 0 Å². The van der Waals surface area contributed by atoms with Gasteiger partial charge >= 0.3 is 0 Å². The summed E-state index contributed by atoms with van der Waals surface area (Å²) in [4.78, 5) is 20.5. The molecule has 1 aliphatic rings. The van der Waals surface area contributed by atoms with Crippen LogP contribution in [0.5, 0.6) is 0 Å². The van der Waals surface area contributed by atoms with Gasteiger partial charge in [-0.25, -0.2) is 4.98 Å². The van der Waals surface area contributed by atoms with Gasteiger partial charge in [0, 0.05) is 37.3 Å². The first-order chi connectivity index (χ1) is 10.2. The summed E-state index contributed by atoms with van der Waals surface area (Å²) in [5.74, 6) is 1.84. The van der Waals surface area contributed by atoms with Crippen molar-refractivity contribution in [1.82, 2.24) is 15.3 Å². The number of aromatic nitrogens is 2. The topological polar surface area (TPSA) is 78.9 Å². The van der Waals surface area contributed by atoms with Crippen LogP contribution in [-0.4, -0.2) is 35.5 Å². The third kappa shape index (κ3) is 4.88. The Morgan fingerprint density at radius 2 is 2.00 bits per heavy atom. The first-order valence-corrected chi connectivity index (χ1v) is 7.80. The molecular formula is C15H25N5O. The van der Waals surface area contributed by atoms with E-state index in [0.29, 0.717) is 19.0 Å². The normalized spacial score (nSPS) is 15.0. The van der Waals surface area contributed by atoms with Gasteiger partial charge in [-0.2, -0.15) is 4.98 Å². The highest BCUT2D eigenvalue weighted by Gasteiger charge is 2.21. The summed E-state index contributed by atoms with van der Waals surface area (Å²) < 4.78 is 0. The van der Waals surface area contributed by atoms with E-state index in [1.807, 2.05) is 19.9 Å². The Bertz CT molecular complexity index is 471. The highest BCUT2D eigenvalue weighted by atomic mass is 16.1. The lowest BCUT2D eigenvalue weighted by Gasteiger charge is -2.12. The van der Waals surface area contributed by atoms with E-state index in [4.69, 9.17) is 0 Å². The van der Waals surface area contributed by atoms with E-state index in [1.165, 1.54) is 12.8 Å². The summed E-state index contributed by atoms with van der Waals surface area (Å²) >= 11 is 0. The molecule has 0 aliphatic heterocycles. The summed E-state index contributed by atoms with van der Waals surface area (Å²) in [6.07, 6.45) is 4.44. The molecule has 1 heterocycles. The van der Waals surface area contributed by atoms with Crippen LogP contribution in [0.2, 0.25) is 0 Å². The molecule has 0 spiro atoms. The second kappa shape index (κ2) is 7.81. The van der Waals surface area contributed by atoms with Gasteiger partial charge in [0.05, 0.1) is 0 Å². The average molecular weight is 291 g/mol. The highest BCUT2D eigenvalue weighted by molar-refractivity contribution is 5.78. The predicted octanol–water partition coefficient (Wildman–Crippen LogP) is 1.94. The molecule has 1 aromatic rings. The molecule has 0 saturated heterocycles. The average Bonchev–Trinajstić information content (AvgIpc) is 2.97. The lowest BCUT2D eigenvalue weighted by molar-refractivity contribution is -0.124. The molecule has 0 aromatic carbocycles. The van der Waals surface area contributed by atoms with Crippen LogP contribution in [0.3, 0.4) is 0 Å². The molecule has 0 atom stereocenters. The number of nitrogens with zero attached hydrogens (tertiary/aromatic N) is 2. The summed E-state index contributed by atoms with van der Waals surface area (Å²) in [6, 6.07) is 1.90. The fourth-order valence-corrected chi connectivity index (χ4v) is 2.60. The van der Waals surface area contributed by atoms with Crippen LogP contribution >= 0.6 is 0 Å². The molecule has 1 saturated carbocycles. The Labute approximate surface area is 126 Å². The van der Waals surface area contributed by atoms with Crippen LogP contribution in [0.15, 0.2) is 6.07 Å². The van der Waals surface area contributed by atoms with Gasteiger partial charge in [-0.1, -0.05) is 12.8 Å². The van der Waals surface area contributed by atoms with Gasteiger partial charge in [-0.05, 0) is 26.7 Å². The van der Waals surface area contributed by atoms with Crippen LogP contribution in [0.25, 0.3) is 0 Å². The number of anilines is 2. The summed E-state index contributed by atoms with van der Waals surface area (Å²) in [6.45, 7) is 6.03. The molecule has 21 heavy (non-hydrogen) atoms. The van der Waals surface area contributed by atoms with Crippen molar-refractivity contribution in [3.05, 3.63) is 11.8 Å². The Morgan fingerprint density at radius 1 is 1.24 bits per heavy atom. The molecule has 2 rings (SSSR count). The Morgan fingerprint density at radius 3 is 2.71 bits per heavy atom. The molecule has 0 bridgehead atoms. The lowest BCUT2D eigenvalue weighted by Crippen LogP contribution is -2.33. The largest absolute Gasteiger partial charge is 0.368 e. The van der Waals surface area contributed by atoms with Gasteiger partial charge in [0.15, 0.2) is 0 Å². The zero-order valence-electron chi connectivity index (χ0n) is 12.9. The first-order valence-electron chi connectivity index (χ1n) is 7.80. The maximum Gasteiger partial charge on any atom is 0.224 e. The molecule has 0 radical (unpaired) electrons. The number of aryl methyl sites for hydroxylation is 1. The molecule has 3 N–H and O–H groups in total.